The van der Waals surface area contributed by atoms with Gasteiger partial charge in [0.15, 0.2) is 17.2 Å². The van der Waals surface area contributed by atoms with Gasteiger partial charge >= 0.3 is 5.97 Å². The Morgan fingerprint density at radius 3 is 2.53 bits per heavy atom. The van der Waals surface area contributed by atoms with Gasteiger partial charge in [-0.15, -0.1) is 0 Å². The maximum Gasteiger partial charge on any atom is 0.338 e. The van der Waals surface area contributed by atoms with E-state index in [1.807, 2.05) is 6.92 Å². The highest BCUT2D eigenvalue weighted by atomic mass is 16.5. The standard InChI is InChI=1S/C10H12O5/c1-2-3-15-10(14)6-4-7(11)9(13)8(12)5-6/h4-5,11-13H,2-3H2,1H3/i/hD3. The number of phenolic OH excluding ortho intramolecular Hbond substituents is 3. The molecule has 0 aromatic heterocycles. The molecule has 0 fully saturated rings. The Balaban J connectivity index is 3.10. The van der Waals surface area contributed by atoms with Gasteiger partial charge in [-0.1, -0.05) is 6.92 Å². The first kappa shape index (κ1) is 7.39. The van der Waals surface area contributed by atoms with Crippen molar-refractivity contribution in [2.45, 2.75) is 13.3 Å². The first-order valence-electron chi connectivity index (χ1n) is 5.65. The first-order chi connectivity index (χ1) is 8.67. The molecule has 0 radical (unpaired) electrons. The summed E-state index contributed by atoms with van der Waals surface area (Å²) >= 11 is 0. The van der Waals surface area contributed by atoms with Crippen molar-refractivity contribution < 1.29 is 24.9 Å². The summed E-state index contributed by atoms with van der Waals surface area (Å²) < 4.78 is 25.3. The lowest BCUT2D eigenvalue weighted by atomic mass is 10.2. The van der Waals surface area contributed by atoms with Gasteiger partial charge in [-0.3, -0.25) is 0 Å². The quantitative estimate of drug-likeness (QED) is 0.492. The molecular formula is C10H12O5. The maximum absolute atomic E-state index is 11.6. The van der Waals surface area contributed by atoms with Crippen LogP contribution in [0.1, 0.15) is 23.7 Å². The fourth-order valence-corrected chi connectivity index (χ4v) is 0.973. The van der Waals surface area contributed by atoms with Gasteiger partial charge in [0.25, 0.3) is 4.29 Å². The Morgan fingerprint density at radius 1 is 1.40 bits per heavy atom. The van der Waals surface area contributed by atoms with Crippen molar-refractivity contribution in [1.29, 1.82) is 4.29 Å². The second-order valence-corrected chi connectivity index (χ2v) is 2.94. The minimum atomic E-state index is -0.634. The molecule has 0 aliphatic carbocycles. The van der Waals surface area contributed by atoms with E-state index in [-0.39, 0.29) is 29.4 Å². The van der Waals surface area contributed by atoms with E-state index in [1.54, 1.807) is 0 Å². The molecule has 15 heavy (non-hydrogen) atoms. The highest BCUT2D eigenvalue weighted by Crippen LogP contribution is 2.35. The number of carbonyl (C=O) groups excluding carboxylic acids is 1. The number of aromatic hydroxyl groups is 3. The van der Waals surface area contributed by atoms with Gasteiger partial charge in [0.1, 0.15) is 0 Å². The molecule has 82 valence electrons. The molecule has 3 N–H and O–H groups in total. The van der Waals surface area contributed by atoms with Gasteiger partial charge < -0.3 is 20.1 Å². The van der Waals surface area contributed by atoms with Crippen molar-refractivity contribution in [3.8, 4) is 17.2 Å². The molecule has 0 bridgehead atoms. The van der Waals surface area contributed by atoms with E-state index in [4.69, 9.17) is 9.03 Å². The number of rotatable bonds is 6. The third-order valence-electron chi connectivity index (χ3n) is 1.69. The first-order valence-corrected chi connectivity index (χ1v) is 4.42. The lowest BCUT2D eigenvalue weighted by Crippen LogP contribution is -2.05. The molecule has 5 nitrogen and oxygen atoms in total. The molecule has 0 aliphatic heterocycles. The van der Waals surface area contributed by atoms with E-state index in [0.717, 1.165) is 0 Å². The molecule has 1 aromatic carbocycles. The summed E-state index contributed by atoms with van der Waals surface area (Å²) in [5.74, 6) is -1.31. The van der Waals surface area contributed by atoms with Gasteiger partial charge in [0, 0.05) is 0 Å². The van der Waals surface area contributed by atoms with E-state index < -0.39 is 5.97 Å². The van der Waals surface area contributed by atoms with Crippen LogP contribution in [0.5, 0.6) is 17.2 Å². The lowest BCUT2D eigenvalue weighted by Gasteiger charge is -2.05. The molecule has 0 saturated heterocycles. The fraction of sp³-hybridized carbons (Fsp3) is 0.300. The van der Waals surface area contributed by atoms with Crippen molar-refractivity contribution in [3.63, 3.8) is 0 Å². The number of hydrogen-bond donors (Lipinski definition) is 3. The van der Waals surface area contributed by atoms with E-state index in [1.165, 1.54) is 12.1 Å². The molecule has 1 rings (SSSR count). The van der Waals surface area contributed by atoms with Crippen LogP contribution in [-0.4, -0.2) is 32.2 Å². The summed E-state index contributed by atoms with van der Waals surface area (Å²) in [6, 6.07) is 2.36. The summed E-state index contributed by atoms with van der Waals surface area (Å²) in [7, 11) is 0. The van der Waals surface area contributed by atoms with Gasteiger partial charge in [-0.2, -0.15) is 0 Å². The van der Waals surface area contributed by atoms with Crippen LogP contribution in [0.15, 0.2) is 12.1 Å². The van der Waals surface area contributed by atoms with Gasteiger partial charge in [0.05, 0.1) is 12.2 Å². The Morgan fingerprint density at radius 2 is 2.07 bits per heavy atom. The zero-order valence-corrected chi connectivity index (χ0v) is 8.11. The van der Waals surface area contributed by atoms with Crippen LogP contribution in [0.2, 0.25) is 0 Å². The average molecular weight is 215 g/mol. The molecule has 1 aromatic rings. The van der Waals surface area contributed by atoms with Gasteiger partial charge in [-0.25, -0.2) is 4.79 Å². The van der Waals surface area contributed by atoms with E-state index in [2.05, 4.69) is 15.3 Å². The lowest BCUT2D eigenvalue weighted by molar-refractivity contribution is 0.0504. The van der Waals surface area contributed by atoms with Crippen LogP contribution >= 0.6 is 0 Å². The largest absolute Gasteiger partial charge is 0.504 e. The van der Waals surface area contributed by atoms with Crippen molar-refractivity contribution in [2.24, 2.45) is 0 Å². The van der Waals surface area contributed by atoms with Crippen molar-refractivity contribution >= 4 is 5.97 Å². The molecule has 0 spiro atoms. The Kier molecular flexibility index (Phi) is 2.24. The number of phenols is 3. The monoisotopic (exact) mass is 215 g/mol. The molecule has 5 heteroatoms. The summed E-state index contributed by atoms with van der Waals surface area (Å²) in [4.78, 5) is 11.6. The fourth-order valence-electron chi connectivity index (χ4n) is 0.973. The van der Waals surface area contributed by atoms with Crippen LogP contribution in [-0.2, 0) is 4.74 Å². The van der Waals surface area contributed by atoms with Crippen LogP contribution < -0.4 is 0 Å². The van der Waals surface area contributed by atoms with Crippen LogP contribution in [0.4, 0.5) is 0 Å². The van der Waals surface area contributed by atoms with Crippen molar-refractivity contribution in [2.75, 3.05) is 6.61 Å². The highest BCUT2D eigenvalue weighted by molar-refractivity contribution is 5.91. The van der Waals surface area contributed by atoms with Crippen molar-refractivity contribution in [1.82, 2.24) is 0 Å². The minimum Gasteiger partial charge on any atom is -0.504 e. The third-order valence-corrected chi connectivity index (χ3v) is 1.69. The number of hydrogen-bond acceptors (Lipinski definition) is 5. The molecule has 0 unspecified atom stereocenters. The second-order valence-electron chi connectivity index (χ2n) is 2.94. The van der Waals surface area contributed by atoms with Crippen LogP contribution in [0.3, 0.4) is 0 Å². The minimum absolute atomic E-state index is 0.0498. The predicted octanol–water partition coefficient (Wildman–Crippen LogP) is 1.37. The number of ether oxygens (including phenoxy) is 1. The van der Waals surface area contributed by atoms with Gasteiger partial charge in [-0.05, 0) is 18.6 Å². The third kappa shape index (κ3) is 2.52. The number of esters is 1. The summed E-state index contributed by atoms with van der Waals surface area (Å²) in [5.41, 5.74) is 0.0498. The normalized spacial score (nSPS) is 11.9. The smallest absolute Gasteiger partial charge is 0.338 e. The maximum atomic E-state index is 11.6. The average Bonchev–Trinajstić information content (AvgIpc) is 2.42. The zero-order valence-electron chi connectivity index (χ0n) is 11.1. The molecular weight excluding hydrogens is 200 g/mol. The molecule has 0 heterocycles. The Hall–Kier alpha value is -1.91. The topological polar surface area (TPSA) is 87.0 Å². The van der Waals surface area contributed by atoms with E-state index >= 15 is 0 Å². The molecule has 0 atom stereocenters. The predicted molar refractivity (Wildman–Crippen MR) is 52.0 cm³/mol. The second kappa shape index (κ2) is 4.54. The zero-order chi connectivity index (χ0) is 13.5. The van der Waals surface area contributed by atoms with Crippen LogP contribution in [0.25, 0.3) is 0 Å². The van der Waals surface area contributed by atoms with E-state index in [9.17, 15) is 4.79 Å². The SMILES string of the molecule is [2H]Oc1cc(C(=O)OCCC)cc(O[2H])c1O[2H]. The summed E-state index contributed by atoms with van der Waals surface area (Å²) in [5, 5.41) is 12.6. The molecule has 0 amide bonds. The number of carbonyl (C=O) groups is 1. The Bertz CT molecular complexity index is 399. The molecule has 0 aliphatic rings. The summed E-state index contributed by atoms with van der Waals surface area (Å²) in [6.07, 6.45) is 0.670. The van der Waals surface area contributed by atoms with Crippen molar-refractivity contribution in [3.05, 3.63) is 17.7 Å². The van der Waals surface area contributed by atoms with Crippen LogP contribution in [0, 0.1) is 0 Å². The van der Waals surface area contributed by atoms with E-state index in [0.29, 0.717) is 6.42 Å². The number of benzene rings is 1. The summed E-state index contributed by atoms with van der Waals surface area (Å²) in [6.45, 7) is 2.10. The highest BCUT2D eigenvalue weighted by Gasteiger charge is 2.13. The molecule has 0 saturated carbocycles. The van der Waals surface area contributed by atoms with Gasteiger partial charge in [0.2, 0.25) is 0 Å². The Labute approximate surface area is 91.0 Å².